The summed E-state index contributed by atoms with van der Waals surface area (Å²) < 4.78 is 5.42. The maximum Gasteiger partial charge on any atom is 0.221 e. The van der Waals surface area contributed by atoms with Crippen LogP contribution in [0.15, 0.2) is 0 Å². The van der Waals surface area contributed by atoms with Crippen molar-refractivity contribution in [1.29, 1.82) is 0 Å². The van der Waals surface area contributed by atoms with Crippen LogP contribution in [-0.2, 0) is 9.53 Å². The van der Waals surface area contributed by atoms with E-state index < -0.39 is 0 Å². The standard InChI is InChI=1S/C11H22N2O2/c1-8(2)13-11(14)4-6-12-10-5-7-15-9(10)3/h8-10,12H,4-7H2,1-3H3,(H,13,14). The lowest BCUT2D eigenvalue weighted by Gasteiger charge is -2.16. The topological polar surface area (TPSA) is 50.4 Å². The van der Waals surface area contributed by atoms with Crippen molar-refractivity contribution < 1.29 is 9.53 Å². The summed E-state index contributed by atoms with van der Waals surface area (Å²) in [5.74, 6) is 0.115. The van der Waals surface area contributed by atoms with Crippen LogP contribution in [0.3, 0.4) is 0 Å². The van der Waals surface area contributed by atoms with Crippen LogP contribution in [0.5, 0.6) is 0 Å². The lowest BCUT2D eigenvalue weighted by molar-refractivity contribution is -0.121. The maximum atomic E-state index is 11.3. The molecule has 1 saturated heterocycles. The molecule has 15 heavy (non-hydrogen) atoms. The molecule has 0 aliphatic carbocycles. The number of hydrogen-bond acceptors (Lipinski definition) is 3. The molecule has 2 N–H and O–H groups in total. The van der Waals surface area contributed by atoms with Gasteiger partial charge in [-0.1, -0.05) is 0 Å². The summed E-state index contributed by atoms with van der Waals surface area (Å²) in [4.78, 5) is 11.3. The van der Waals surface area contributed by atoms with Crippen LogP contribution in [0.1, 0.15) is 33.6 Å². The molecule has 0 aromatic carbocycles. The molecule has 0 bridgehead atoms. The van der Waals surface area contributed by atoms with Crippen molar-refractivity contribution in [2.75, 3.05) is 13.2 Å². The Bertz CT molecular complexity index is 207. The molecule has 1 fully saturated rings. The van der Waals surface area contributed by atoms with Gasteiger partial charge in [-0.05, 0) is 27.2 Å². The lowest BCUT2D eigenvalue weighted by Crippen LogP contribution is -2.38. The fraction of sp³-hybridized carbons (Fsp3) is 0.909. The van der Waals surface area contributed by atoms with E-state index in [0.717, 1.165) is 19.6 Å². The van der Waals surface area contributed by atoms with E-state index in [4.69, 9.17) is 4.74 Å². The van der Waals surface area contributed by atoms with E-state index >= 15 is 0 Å². The van der Waals surface area contributed by atoms with Crippen LogP contribution in [0.25, 0.3) is 0 Å². The Morgan fingerprint density at radius 3 is 2.80 bits per heavy atom. The first-order valence-corrected chi connectivity index (χ1v) is 5.74. The molecule has 2 atom stereocenters. The number of carbonyl (C=O) groups excluding carboxylic acids is 1. The molecule has 88 valence electrons. The quantitative estimate of drug-likeness (QED) is 0.707. The summed E-state index contributed by atoms with van der Waals surface area (Å²) in [6.07, 6.45) is 1.87. The number of nitrogens with one attached hydrogen (secondary N) is 2. The lowest BCUT2D eigenvalue weighted by atomic mass is 10.1. The van der Waals surface area contributed by atoms with Gasteiger partial charge in [0.1, 0.15) is 0 Å². The second-order valence-corrected chi connectivity index (χ2v) is 4.40. The zero-order valence-corrected chi connectivity index (χ0v) is 9.88. The van der Waals surface area contributed by atoms with Gasteiger partial charge >= 0.3 is 0 Å². The van der Waals surface area contributed by atoms with Gasteiger partial charge in [0, 0.05) is 31.7 Å². The highest BCUT2D eigenvalue weighted by Crippen LogP contribution is 2.12. The highest BCUT2D eigenvalue weighted by molar-refractivity contribution is 5.76. The van der Waals surface area contributed by atoms with Crippen molar-refractivity contribution in [3.8, 4) is 0 Å². The van der Waals surface area contributed by atoms with Crippen LogP contribution >= 0.6 is 0 Å². The van der Waals surface area contributed by atoms with Gasteiger partial charge in [-0.15, -0.1) is 0 Å². The molecule has 4 heteroatoms. The van der Waals surface area contributed by atoms with E-state index in [1.807, 2.05) is 13.8 Å². The fourth-order valence-corrected chi connectivity index (χ4v) is 1.77. The van der Waals surface area contributed by atoms with Crippen LogP contribution < -0.4 is 10.6 Å². The summed E-state index contributed by atoms with van der Waals surface area (Å²) >= 11 is 0. The molecule has 1 amide bonds. The van der Waals surface area contributed by atoms with Crippen molar-refractivity contribution in [1.82, 2.24) is 10.6 Å². The van der Waals surface area contributed by atoms with Gasteiger partial charge in [0.2, 0.25) is 5.91 Å². The normalized spacial score (nSPS) is 25.9. The Morgan fingerprint density at radius 1 is 1.53 bits per heavy atom. The first kappa shape index (κ1) is 12.5. The average Bonchev–Trinajstić information content (AvgIpc) is 2.50. The summed E-state index contributed by atoms with van der Waals surface area (Å²) in [6, 6.07) is 0.642. The van der Waals surface area contributed by atoms with Gasteiger partial charge in [-0.25, -0.2) is 0 Å². The van der Waals surface area contributed by atoms with E-state index in [9.17, 15) is 4.79 Å². The van der Waals surface area contributed by atoms with Crippen molar-refractivity contribution in [2.24, 2.45) is 0 Å². The maximum absolute atomic E-state index is 11.3. The Kier molecular flexibility index (Phi) is 5.05. The second-order valence-electron chi connectivity index (χ2n) is 4.40. The monoisotopic (exact) mass is 214 g/mol. The molecule has 1 aliphatic heterocycles. The first-order chi connectivity index (χ1) is 7.09. The van der Waals surface area contributed by atoms with Crippen molar-refractivity contribution in [3.63, 3.8) is 0 Å². The molecular formula is C11H22N2O2. The fourth-order valence-electron chi connectivity index (χ4n) is 1.77. The van der Waals surface area contributed by atoms with E-state index in [1.54, 1.807) is 0 Å². The molecule has 0 saturated carbocycles. The van der Waals surface area contributed by atoms with Gasteiger partial charge in [-0.3, -0.25) is 4.79 Å². The van der Waals surface area contributed by atoms with Gasteiger partial charge in [0.15, 0.2) is 0 Å². The van der Waals surface area contributed by atoms with Gasteiger partial charge in [0.05, 0.1) is 6.10 Å². The summed E-state index contributed by atoms with van der Waals surface area (Å²) in [6.45, 7) is 7.57. The molecule has 1 rings (SSSR count). The summed E-state index contributed by atoms with van der Waals surface area (Å²) in [5, 5.41) is 6.22. The summed E-state index contributed by atoms with van der Waals surface area (Å²) in [5.41, 5.74) is 0. The largest absolute Gasteiger partial charge is 0.377 e. The number of amides is 1. The Balaban J connectivity index is 2.08. The number of carbonyl (C=O) groups is 1. The number of ether oxygens (including phenoxy) is 1. The molecule has 1 aliphatic rings. The number of hydrogen-bond donors (Lipinski definition) is 2. The third kappa shape index (κ3) is 4.62. The summed E-state index contributed by atoms with van der Waals surface area (Å²) in [7, 11) is 0. The van der Waals surface area contributed by atoms with Crippen LogP contribution in [0.2, 0.25) is 0 Å². The second kappa shape index (κ2) is 6.08. The Labute approximate surface area is 91.8 Å². The van der Waals surface area contributed by atoms with Gasteiger partial charge < -0.3 is 15.4 Å². The van der Waals surface area contributed by atoms with E-state index in [1.165, 1.54) is 0 Å². The highest BCUT2D eigenvalue weighted by Gasteiger charge is 2.23. The Morgan fingerprint density at radius 2 is 2.27 bits per heavy atom. The smallest absolute Gasteiger partial charge is 0.221 e. The third-order valence-electron chi connectivity index (χ3n) is 2.58. The molecular weight excluding hydrogens is 192 g/mol. The molecule has 1 heterocycles. The van der Waals surface area contributed by atoms with Crippen molar-refractivity contribution in [3.05, 3.63) is 0 Å². The van der Waals surface area contributed by atoms with Gasteiger partial charge in [0.25, 0.3) is 0 Å². The van der Waals surface area contributed by atoms with E-state index in [0.29, 0.717) is 12.5 Å². The Hall–Kier alpha value is -0.610. The van der Waals surface area contributed by atoms with Crippen LogP contribution in [0, 0.1) is 0 Å². The predicted molar refractivity (Wildman–Crippen MR) is 59.7 cm³/mol. The highest BCUT2D eigenvalue weighted by atomic mass is 16.5. The number of rotatable bonds is 5. The van der Waals surface area contributed by atoms with E-state index in [2.05, 4.69) is 17.6 Å². The molecule has 0 aromatic rings. The average molecular weight is 214 g/mol. The third-order valence-corrected chi connectivity index (χ3v) is 2.58. The van der Waals surface area contributed by atoms with Crippen molar-refractivity contribution in [2.45, 2.75) is 51.8 Å². The van der Waals surface area contributed by atoms with Crippen molar-refractivity contribution >= 4 is 5.91 Å². The zero-order valence-electron chi connectivity index (χ0n) is 9.88. The van der Waals surface area contributed by atoms with E-state index in [-0.39, 0.29) is 18.1 Å². The minimum Gasteiger partial charge on any atom is -0.377 e. The molecule has 0 spiro atoms. The van der Waals surface area contributed by atoms with Crippen LogP contribution in [-0.4, -0.2) is 37.2 Å². The molecule has 4 nitrogen and oxygen atoms in total. The molecule has 0 aromatic heterocycles. The molecule has 0 radical (unpaired) electrons. The zero-order chi connectivity index (χ0) is 11.3. The SMILES string of the molecule is CC(C)NC(=O)CCNC1CCOC1C. The van der Waals surface area contributed by atoms with Gasteiger partial charge in [-0.2, -0.15) is 0 Å². The predicted octanol–water partition coefficient (Wildman–Crippen LogP) is 0.668. The minimum atomic E-state index is 0.115. The first-order valence-electron chi connectivity index (χ1n) is 5.74. The minimum absolute atomic E-state index is 0.115. The molecule has 2 unspecified atom stereocenters. The van der Waals surface area contributed by atoms with Crippen LogP contribution in [0.4, 0.5) is 0 Å².